The summed E-state index contributed by atoms with van der Waals surface area (Å²) < 4.78 is 0. The highest BCUT2D eigenvalue weighted by atomic mass is 32.2. The molecule has 3 rings (SSSR count). The molecule has 0 aliphatic carbocycles. The summed E-state index contributed by atoms with van der Waals surface area (Å²) in [5.74, 6) is 0.985. The second-order valence-electron chi connectivity index (χ2n) is 5.60. The second kappa shape index (κ2) is 7.61. The lowest BCUT2D eigenvalue weighted by atomic mass is 10.1. The summed E-state index contributed by atoms with van der Waals surface area (Å²) >= 11 is 1.78. The van der Waals surface area contributed by atoms with Crippen LogP contribution in [-0.4, -0.2) is 35.6 Å². The molecule has 1 aromatic carbocycles. The Kier molecular flexibility index (Phi) is 5.29. The van der Waals surface area contributed by atoms with Crippen molar-refractivity contribution in [1.82, 2.24) is 15.5 Å². The number of hydrogen-bond donors (Lipinski definition) is 1. The van der Waals surface area contributed by atoms with Crippen molar-refractivity contribution in [3.63, 3.8) is 0 Å². The number of thioether (sulfide) groups is 1. The van der Waals surface area contributed by atoms with Crippen LogP contribution in [0.5, 0.6) is 0 Å². The van der Waals surface area contributed by atoms with Crippen molar-refractivity contribution in [2.45, 2.75) is 30.3 Å². The molecule has 0 saturated carbocycles. The zero-order valence-electron chi connectivity index (χ0n) is 12.9. The molecule has 1 unspecified atom stereocenters. The molecule has 1 N–H and O–H groups in total. The first-order chi connectivity index (χ1) is 10.8. The van der Waals surface area contributed by atoms with E-state index in [1.54, 1.807) is 18.0 Å². The van der Waals surface area contributed by atoms with E-state index in [0.717, 1.165) is 25.5 Å². The fraction of sp³-hybridized carbons (Fsp3) is 0.412. The van der Waals surface area contributed by atoms with E-state index in [4.69, 9.17) is 0 Å². The Labute approximate surface area is 136 Å². The van der Waals surface area contributed by atoms with Gasteiger partial charge in [-0.25, -0.2) is 0 Å². The molecule has 1 aliphatic heterocycles. The molecule has 1 saturated heterocycles. The maximum atomic E-state index is 4.22. The topological polar surface area (TPSA) is 41.0 Å². The third-order valence-corrected chi connectivity index (χ3v) is 4.80. The normalized spacial score (nSPS) is 18.4. The van der Waals surface area contributed by atoms with E-state index < -0.39 is 0 Å². The van der Waals surface area contributed by atoms with Crippen molar-refractivity contribution in [2.24, 2.45) is 0 Å². The van der Waals surface area contributed by atoms with E-state index in [1.807, 2.05) is 12.1 Å². The molecule has 2 heterocycles. The Balaban J connectivity index is 1.54. The van der Waals surface area contributed by atoms with Crippen LogP contribution < -0.4 is 10.2 Å². The predicted octanol–water partition coefficient (Wildman–Crippen LogP) is 2.96. The molecule has 116 valence electrons. The predicted molar refractivity (Wildman–Crippen MR) is 92.3 cm³/mol. The van der Waals surface area contributed by atoms with Crippen LogP contribution in [0.1, 0.15) is 18.4 Å². The summed E-state index contributed by atoms with van der Waals surface area (Å²) in [6.07, 6.45) is 6.25. The molecule has 1 aromatic heterocycles. The first-order valence-electron chi connectivity index (χ1n) is 7.74. The Morgan fingerprint density at radius 1 is 1.27 bits per heavy atom. The standard InChI is InChI=1S/C17H22N4S/c1-22-16-8-6-14(7-9-16)12-18-15-4-3-11-21(13-15)17-5-2-10-19-20-17/h2,5-10,15,18H,3-4,11-13H2,1H3. The number of hydrogen-bond acceptors (Lipinski definition) is 5. The van der Waals surface area contributed by atoms with Crippen molar-refractivity contribution in [2.75, 3.05) is 24.2 Å². The lowest BCUT2D eigenvalue weighted by Gasteiger charge is -2.33. The molecule has 2 aromatic rings. The van der Waals surface area contributed by atoms with E-state index in [1.165, 1.54) is 23.3 Å². The fourth-order valence-corrected chi connectivity index (χ4v) is 3.23. The third kappa shape index (κ3) is 3.99. The molecule has 0 spiro atoms. The van der Waals surface area contributed by atoms with Gasteiger partial charge in [-0.15, -0.1) is 16.9 Å². The summed E-state index contributed by atoms with van der Waals surface area (Å²) in [5, 5.41) is 11.9. The van der Waals surface area contributed by atoms with Gasteiger partial charge in [0.25, 0.3) is 0 Å². The van der Waals surface area contributed by atoms with Crippen molar-refractivity contribution in [1.29, 1.82) is 0 Å². The van der Waals surface area contributed by atoms with E-state index in [0.29, 0.717) is 6.04 Å². The van der Waals surface area contributed by atoms with E-state index in [2.05, 4.69) is 50.9 Å². The summed E-state index contributed by atoms with van der Waals surface area (Å²) in [6, 6.07) is 13.3. The van der Waals surface area contributed by atoms with Crippen LogP contribution >= 0.6 is 11.8 Å². The molecule has 22 heavy (non-hydrogen) atoms. The first-order valence-corrected chi connectivity index (χ1v) is 8.96. The third-order valence-electron chi connectivity index (χ3n) is 4.06. The van der Waals surface area contributed by atoms with Crippen LogP contribution in [0.3, 0.4) is 0 Å². The van der Waals surface area contributed by atoms with Gasteiger partial charge in [-0.3, -0.25) is 0 Å². The van der Waals surface area contributed by atoms with Crippen LogP contribution in [-0.2, 0) is 6.54 Å². The molecule has 0 bridgehead atoms. The molecule has 4 nitrogen and oxygen atoms in total. The molecule has 0 radical (unpaired) electrons. The van der Waals surface area contributed by atoms with E-state index in [9.17, 15) is 0 Å². The Bertz CT molecular complexity index is 573. The Hall–Kier alpha value is -1.59. The van der Waals surface area contributed by atoms with Gasteiger partial charge >= 0.3 is 0 Å². The van der Waals surface area contributed by atoms with Crippen molar-refractivity contribution in [3.8, 4) is 0 Å². The van der Waals surface area contributed by atoms with Gasteiger partial charge in [-0.2, -0.15) is 5.10 Å². The summed E-state index contributed by atoms with van der Waals surface area (Å²) in [4.78, 5) is 3.64. The second-order valence-corrected chi connectivity index (χ2v) is 6.48. The summed E-state index contributed by atoms with van der Waals surface area (Å²) in [5.41, 5.74) is 1.34. The van der Waals surface area contributed by atoms with Gasteiger partial charge in [-0.05, 0) is 48.9 Å². The van der Waals surface area contributed by atoms with E-state index >= 15 is 0 Å². The number of nitrogens with zero attached hydrogens (tertiary/aromatic N) is 3. The molecule has 1 aliphatic rings. The molecule has 5 heteroatoms. The van der Waals surface area contributed by atoms with Crippen LogP contribution in [0.4, 0.5) is 5.82 Å². The van der Waals surface area contributed by atoms with Crippen molar-refractivity contribution in [3.05, 3.63) is 48.2 Å². The zero-order valence-corrected chi connectivity index (χ0v) is 13.7. The smallest absolute Gasteiger partial charge is 0.151 e. The largest absolute Gasteiger partial charge is 0.354 e. The average Bonchev–Trinajstić information content (AvgIpc) is 2.61. The minimum Gasteiger partial charge on any atom is -0.354 e. The summed E-state index contributed by atoms with van der Waals surface area (Å²) in [7, 11) is 0. The zero-order chi connectivity index (χ0) is 15.2. The molecule has 0 amide bonds. The maximum absolute atomic E-state index is 4.22. The number of benzene rings is 1. The van der Waals surface area contributed by atoms with Crippen molar-refractivity contribution >= 4 is 17.6 Å². The maximum Gasteiger partial charge on any atom is 0.151 e. The quantitative estimate of drug-likeness (QED) is 0.859. The Morgan fingerprint density at radius 3 is 2.86 bits per heavy atom. The molecular weight excluding hydrogens is 292 g/mol. The highest BCUT2D eigenvalue weighted by molar-refractivity contribution is 7.98. The molecule has 1 atom stereocenters. The number of nitrogens with one attached hydrogen (secondary N) is 1. The minimum absolute atomic E-state index is 0.510. The average molecular weight is 314 g/mol. The lowest BCUT2D eigenvalue weighted by molar-refractivity contribution is 0.419. The van der Waals surface area contributed by atoms with Gasteiger partial charge in [0.05, 0.1) is 0 Å². The van der Waals surface area contributed by atoms with Crippen LogP contribution in [0.15, 0.2) is 47.5 Å². The minimum atomic E-state index is 0.510. The highest BCUT2D eigenvalue weighted by Crippen LogP contribution is 2.18. The van der Waals surface area contributed by atoms with Crippen LogP contribution in [0.25, 0.3) is 0 Å². The number of rotatable bonds is 5. The van der Waals surface area contributed by atoms with Crippen LogP contribution in [0, 0.1) is 0 Å². The summed E-state index contributed by atoms with van der Waals surface area (Å²) in [6.45, 7) is 2.99. The van der Waals surface area contributed by atoms with Gasteiger partial charge in [-0.1, -0.05) is 12.1 Å². The van der Waals surface area contributed by atoms with E-state index in [-0.39, 0.29) is 0 Å². The van der Waals surface area contributed by atoms with Gasteiger partial charge in [0, 0.05) is 36.8 Å². The number of piperidine rings is 1. The van der Waals surface area contributed by atoms with Crippen molar-refractivity contribution < 1.29 is 0 Å². The van der Waals surface area contributed by atoms with Crippen LogP contribution in [0.2, 0.25) is 0 Å². The molecule has 1 fully saturated rings. The Morgan fingerprint density at radius 2 is 2.14 bits per heavy atom. The SMILES string of the molecule is CSc1ccc(CNC2CCCN(c3cccnn3)C2)cc1. The number of anilines is 1. The fourth-order valence-electron chi connectivity index (χ4n) is 2.82. The van der Waals surface area contributed by atoms with Gasteiger partial charge < -0.3 is 10.2 Å². The monoisotopic (exact) mass is 314 g/mol. The first kappa shape index (κ1) is 15.3. The molecular formula is C17H22N4S. The highest BCUT2D eigenvalue weighted by Gasteiger charge is 2.20. The lowest BCUT2D eigenvalue weighted by Crippen LogP contribution is -2.45. The van der Waals surface area contributed by atoms with Gasteiger partial charge in [0.2, 0.25) is 0 Å². The number of aromatic nitrogens is 2. The van der Waals surface area contributed by atoms with Gasteiger partial charge in [0.15, 0.2) is 5.82 Å². The van der Waals surface area contributed by atoms with Gasteiger partial charge in [0.1, 0.15) is 0 Å².